The Morgan fingerprint density at radius 1 is 1.14 bits per heavy atom. The molecule has 2 aromatic rings. The first-order valence-corrected chi connectivity index (χ1v) is 7.12. The van der Waals surface area contributed by atoms with Crippen LogP contribution in [0.5, 0.6) is 5.75 Å². The van der Waals surface area contributed by atoms with Crippen molar-refractivity contribution in [1.29, 1.82) is 0 Å². The molecule has 0 spiro atoms. The maximum atomic E-state index is 12.5. The molecule has 5 nitrogen and oxygen atoms in total. The molecule has 2 atom stereocenters. The van der Waals surface area contributed by atoms with E-state index >= 15 is 0 Å². The molecular formula is C17H17NO4. The third kappa shape index (κ3) is 2.95. The summed E-state index contributed by atoms with van der Waals surface area (Å²) in [5.74, 6) is -0.148. The summed E-state index contributed by atoms with van der Waals surface area (Å²) < 4.78 is 5.69. The van der Waals surface area contributed by atoms with E-state index in [2.05, 4.69) is 0 Å². The van der Waals surface area contributed by atoms with Gasteiger partial charge in [0.1, 0.15) is 5.75 Å². The summed E-state index contributed by atoms with van der Waals surface area (Å²) in [6.45, 7) is 2.19. The van der Waals surface area contributed by atoms with Gasteiger partial charge in [0.2, 0.25) is 6.29 Å². The largest absolute Gasteiger partial charge is 0.507 e. The minimum absolute atomic E-state index is 0.0775. The van der Waals surface area contributed by atoms with Crippen molar-refractivity contribution in [1.82, 2.24) is 5.06 Å². The highest BCUT2D eigenvalue weighted by Crippen LogP contribution is 2.32. The van der Waals surface area contributed by atoms with E-state index in [4.69, 9.17) is 9.57 Å². The summed E-state index contributed by atoms with van der Waals surface area (Å²) in [7, 11) is 0. The summed E-state index contributed by atoms with van der Waals surface area (Å²) in [5, 5.41) is 11.2. The molecule has 1 fully saturated rings. The second-order valence-electron chi connectivity index (χ2n) is 5.18. The zero-order valence-corrected chi connectivity index (χ0v) is 12.2. The number of nitrogens with zero attached hydrogens (tertiary/aromatic N) is 1. The summed E-state index contributed by atoms with van der Waals surface area (Å²) in [6.07, 6.45) is -1.01. The Labute approximate surface area is 128 Å². The number of rotatable bonds is 2. The number of hydrogen-bond acceptors (Lipinski definition) is 4. The number of phenols is 1. The molecular weight excluding hydrogens is 282 g/mol. The van der Waals surface area contributed by atoms with Gasteiger partial charge in [-0.15, -0.1) is 0 Å². The molecule has 2 aromatic carbocycles. The van der Waals surface area contributed by atoms with Gasteiger partial charge in [-0.1, -0.05) is 36.4 Å². The van der Waals surface area contributed by atoms with Crippen molar-refractivity contribution in [2.24, 2.45) is 0 Å². The monoisotopic (exact) mass is 299 g/mol. The Morgan fingerprint density at radius 2 is 1.82 bits per heavy atom. The number of ether oxygens (including phenoxy) is 1. The zero-order chi connectivity index (χ0) is 15.5. The van der Waals surface area contributed by atoms with Crippen molar-refractivity contribution >= 4 is 5.91 Å². The molecule has 114 valence electrons. The van der Waals surface area contributed by atoms with E-state index in [1.807, 2.05) is 13.0 Å². The van der Waals surface area contributed by atoms with Crippen molar-refractivity contribution < 1.29 is 19.5 Å². The van der Waals surface area contributed by atoms with Gasteiger partial charge in [0.25, 0.3) is 5.91 Å². The number of benzene rings is 2. The highest BCUT2D eigenvalue weighted by atomic mass is 16.8. The number of phenolic OH excluding ortho intramolecular Hbond substituents is 1. The number of carbonyl (C=O) groups is 1. The van der Waals surface area contributed by atoms with Gasteiger partial charge in [0.05, 0.1) is 18.2 Å². The molecule has 0 aromatic heterocycles. The number of carbonyl (C=O) groups excluding carboxylic acids is 1. The number of para-hydroxylation sites is 1. The highest BCUT2D eigenvalue weighted by molar-refractivity contribution is 5.93. The molecule has 0 aliphatic carbocycles. The average Bonchev–Trinajstić information content (AvgIpc) is 2.55. The predicted octanol–water partition coefficient (Wildman–Crippen LogP) is 2.88. The van der Waals surface area contributed by atoms with E-state index in [9.17, 15) is 9.90 Å². The molecule has 22 heavy (non-hydrogen) atoms. The van der Waals surface area contributed by atoms with Crippen LogP contribution in [0.15, 0.2) is 54.6 Å². The van der Waals surface area contributed by atoms with E-state index in [0.29, 0.717) is 17.7 Å². The Bertz CT molecular complexity index is 659. The van der Waals surface area contributed by atoms with Crippen molar-refractivity contribution in [2.75, 3.05) is 6.54 Å². The van der Waals surface area contributed by atoms with Gasteiger partial charge in [-0.2, -0.15) is 0 Å². The topological polar surface area (TPSA) is 59.0 Å². The zero-order valence-electron chi connectivity index (χ0n) is 12.2. The molecule has 1 heterocycles. The van der Waals surface area contributed by atoms with Crippen molar-refractivity contribution in [2.45, 2.75) is 19.3 Å². The maximum Gasteiger partial charge on any atom is 0.277 e. The summed E-state index contributed by atoms with van der Waals surface area (Å²) in [6, 6.07) is 15.7. The van der Waals surface area contributed by atoms with Crippen LogP contribution in [-0.4, -0.2) is 28.7 Å². The van der Waals surface area contributed by atoms with Gasteiger partial charge < -0.3 is 9.84 Å². The van der Waals surface area contributed by atoms with Crippen LogP contribution in [0.25, 0.3) is 0 Å². The Balaban J connectivity index is 1.82. The predicted molar refractivity (Wildman–Crippen MR) is 80.0 cm³/mol. The second kappa shape index (κ2) is 6.17. The van der Waals surface area contributed by atoms with Crippen molar-refractivity contribution in [3.05, 3.63) is 65.7 Å². The number of aromatic hydroxyl groups is 1. The van der Waals surface area contributed by atoms with Gasteiger partial charge in [-0.3, -0.25) is 4.79 Å². The first-order valence-electron chi connectivity index (χ1n) is 7.12. The van der Waals surface area contributed by atoms with E-state index in [0.717, 1.165) is 0 Å². The molecule has 3 rings (SSSR count). The first kappa shape index (κ1) is 14.6. The van der Waals surface area contributed by atoms with Crippen LogP contribution in [-0.2, 0) is 9.57 Å². The number of hydroxylamine groups is 2. The van der Waals surface area contributed by atoms with Crippen LogP contribution in [0.2, 0.25) is 0 Å². The van der Waals surface area contributed by atoms with E-state index < -0.39 is 6.29 Å². The SMILES string of the molecule is C[C@H]1CN(C(=O)c2ccccc2)O[C@H](c2ccccc2O)O1. The first-order chi connectivity index (χ1) is 10.6. The molecule has 0 bridgehead atoms. The van der Waals surface area contributed by atoms with Gasteiger partial charge in [-0.25, -0.2) is 9.90 Å². The van der Waals surface area contributed by atoms with Crippen LogP contribution in [0.4, 0.5) is 0 Å². The smallest absolute Gasteiger partial charge is 0.277 e. The van der Waals surface area contributed by atoms with Gasteiger partial charge in [0.15, 0.2) is 0 Å². The van der Waals surface area contributed by atoms with Crippen LogP contribution in [0.1, 0.15) is 29.1 Å². The maximum absolute atomic E-state index is 12.5. The lowest BCUT2D eigenvalue weighted by molar-refractivity contribution is -0.320. The van der Waals surface area contributed by atoms with Crippen LogP contribution in [0.3, 0.4) is 0 Å². The van der Waals surface area contributed by atoms with Crippen LogP contribution in [0, 0.1) is 0 Å². The van der Waals surface area contributed by atoms with Gasteiger partial charge in [-0.05, 0) is 25.1 Å². The molecule has 0 unspecified atom stereocenters. The Morgan fingerprint density at radius 3 is 2.55 bits per heavy atom. The lowest BCUT2D eigenvalue weighted by atomic mass is 10.2. The fraction of sp³-hybridized carbons (Fsp3) is 0.235. The van der Waals surface area contributed by atoms with Crippen LogP contribution >= 0.6 is 0 Å². The summed E-state index contributed by atoms with van der Waals surface area (Å²) in [5.41, 5.74) is 1.05. The lowest BCUT2D eigenvalue weighted by Gasteiger charge is -2.36. The molecule has 0 saturated carbocycles. The quantitative estimate of drug-likeness (QED) is 0.926. The fourth-order valence-corrected chi connectivity index (χ4v) is 2.34. The summed E-state index contributed by atoms with van der Waals surface area (Å²) in [4.78, 5) is 18.1. The minimum atomic E-state index is -0.808. The van der Waals surface area contributed by atoms with Crippen molar-refractivity contribution in [3.8, 4) is 5.75 Å². The Hall–Kier alpha value is -2.37. The lowest BCUT2D eigenvalue weighted by Crippen LogP contribution is -2.44. The minimum Gasteiger partial charge on any atom is -0.507 e. The molecule has 1 aliphatic rings. The van der Waals surface area contributed by atoms with E-state index in [1.165, 1.54) is 5.06 Å². The highest BCUT2D eigenvalue weighted by Gasteiger charge is 2.32. The fourth-order valence-electron chi connectivity index (χ4n) is 2.34. The number of amides is 1. The van der Waals surface area contributed by atoms with E-state index in [1.54, 1.807) is 48.5 Å². The molecule has 1 N–H and O–H groups in total. The molecule has 0 radical (unpaired) electrons. The van der Waals surface area contributed by atoms with E-state index in [-0.39, 0.29) is 17.8 Å². The standard InChI is InChI=1S/C17H17NO4/c1-12-11-18(16(20)13-7-3-2-4-8-13)22-17(21-12)14-9-5-6-10-15(14)19/h2-10,12,17,19H,11H2,1H3/t12-,17+/m0/s1. The second-order valence-corrected chi connectivity index (χ2v) is 5.18. The van der Waals surface area contributed by atoms with Crippen LogP contribution < -0.4 is 0 Å². The molecule has 5 heteroatoms. The third-order valence-electron chi connectivity index (χ3n) is 3.44. The third-order valence-corrected chi connectivity index (χ3v) is 3.44. The summed E-state index contributed by atoms with van der Waals surface area (Å²) >= 11 is 0. The number of hydrogen-bond donors (Lipinski definition) is 1. The molecule has 1 aliphatic heterocycles. The normalized spacial score (nSPS) is 21.6. The average molecular weight is 299 g/mol. The van der Waals surface area contributed by atoms with Gasteiger partial charge >= 0.3 is 0 Å². The van der Waals surface area contributed by atoms with Gasteiger partial charge in [0, 0.05) is 5.56 Å². The molecule has 1 saturated heterocycles. The molecule has 1 amide bonds. The Kier molecular flexibility index (Phi) is 4.09. The van der Waals surface area contributed by atoms with Crippen molar-refractivity contribution in [3.63, 3.8) is 0 Å².